The normalized spacial score (nSPS) is 21.1. The second-order valence-electron chi connectivity index (χ2n) is 5.20. The Kier molecular flexibility index (Phi) is 4.22. The highest BCUT2D eigenvalue weighted by Crippen LogP contribution is 2.27. The quantitative estimate of drug-likeness (QED) is 0.786. The SMILES string of the molecule is CNS(=O)(=O)c1ccc(N2CCN(C)C(C)C2)c(N)c1. The minimum Gasteiger partial charge on any atom is -0.397 e. The molecule has 0 bridgehead atoms. The highest BCUT2D eigenvalue weighted by Gasteiger charge is 2.23. The second-order valence-corrected chi connectivity index (χ2v) is 7.09. The third-order valence-electron chi connectivity index (χ3n) is 3.88. The molecule has 1 heterocycles. The zero-order valence-electron chi connectivity index (χ0n) is 12.1. The number of benzene rings is 1. The van der Waals surface area contributed by atoms with Crippen LogP contribution in [0.2, 0.25) is 0 Å². The van der Waals surface area contributed by atoms with E-state index >= 15 is 0 Å². The van der Waals surface area contributed by atoms with Gasteiger partial charge in [-0.1, -0.05) is 0 Å². The van der Waals surface area contributed by atoms with Crippen LogP contribution >= 0.6 is 0 Å². The van der Waals surface area contributed by atoms with Gasteiger partial charge in [-0.2, -0.15) is 0 Å². The molecule has 20 heavy (non-hydrogen) atoms. The lowest BCUT2D eigenvalue weighted by molar-refractivity contribution is 0.234. The van der Waals surface area contributed by atoms with Crippen LogP contribution in [0.5, 0.6) is 0 Å². The lowest BCUT2D eigenvalue weighted by atomic mass is 10.1. The Hall–Kier alpha value is -1.31. The summed E-state index contributed by atoms with van der Waals surface area (Å²) in [6.45, 7) is 4.92. The fraction of sp³-hybridized carbons (Fsp3) is 0.538. The van der Waals surface area contributed by atoms with Crippen LogP contribution in [0, 0.1) is 0 Å². The standard InChI is InChI=1S/C13H22N4O2S/c1-10-9-17(7-6-16(10)3)13-5-4-11(8-12(13)14)20(18,19)15-2/h4-5,8,10,15H,6-7,9,14H2,1-3H3. The monoisotopic (exact) mass is 298 g/mol. The molecule has 3 N–H and O–H groups in total. The Morgan fingerprint density at radius 1 is 1.35 bits per heavy atom. The van der Waals surface area contributed by atoms with Gasteiger partial charge in [0.2, 0.25) is 10.0 Å². The van der Waals surface area contributed by atoms with E-state index in [1.54, 1.807) is 12.1 Å². The molecule has 0 aliphatic carbocycles. The van der Waals surface area contributed by atoms with Gasteiger partial charge in [-0.3, -0.25) is 0 Å². The smallest absolute Gasteiger partial charge is 0.240 e. The lowest BCUT2D eigenvalue weighted by Crippen LogP contribution is -2.50. The molecule has 1 atom stereocenters. The largest absolute Gasteiger partial charge is 0.397 e. The van der Waals surface area contributed by atoms with Crippen molar-refractivity contribution in [2.24, 2.45) is 0 Å². The summed E-state index contributed by atoms with van der Waals surface area (Å²) in [6.07, 6.45) is 0. The van der Waals surface area contributed by atoms with E-state index in [1.807, 2.05) is 0 Å². The fourth-order valence-corrected chi connectivity index (χ4v) is 3.14. The minimum absolute atomic E-state index is 0.198. The van der Waals surface area contributed by atoms with Gasteiger partial charge in [0.15, 0.2) is 0 Å². The van der Waals surface area contributed by atoms with Gasteiger partial charge in [0.1, 0.15) is 0 Å². The van der Waals surface area contributed by atoms with Crippen molar-refractivity contribution in [1.82, 2.24) is 9.62 Å². The summed E-state index contributed by atoms with van der Waals surface area (Å²) < 4.78 is 25.8. The number of nitrogens with two attached hydrogens (primary N) is 1. The highest BCUT2D eigenvalue weighted by atomic mass is 32.2. The van der Waals surface area contributed by atoms with Gasteiger partial charge in [-0.15, -0.1) is 0 Å². The first-order chi connectivity index (χ1) is 9.35. The number of hydrogen-bond donors (Lipinski definition) is 2. The zero-order chi connectivity index (χ0) is 14.9. The molecule has 1 aliphatic rings. The number of nitrogens with zero attached hydrogens (tertiary/aromatic N) is 2. The van der Waals surface area contributed by atoms with Gasteiger partial charge in [0, 0.05) is 25.7 Å². The molecule has 2 rings (SSSR count). The summed E-state index contributed by atoms with van der Waals surface area (Å²) in [4.78, 5) is 4.70. The van der Waals surface area contributed by atoms with Crippen LogP contribution in [0.4, 0.5) is 11.4 Å². The average Bonchev–Trinajstić information content (AvgIpc) is 2.42. The van der Waals surface area contributed by atoms with E-state index in [4.69, 9.17) is 5.73 Å². The Bertz CT molecular complexity index is 588. The van der Waals surface area contributed by atoms with E-state index in [0.29, 0.717) is 11.7 Å². The van der Waals surface area contributed by atoms with Crippen molar-refractivity contribution in [3.05, 3.63) is 18.2 Å². The summed E-state index contributed by atoms with van der Waals surface area (Å²) in [5.74, 6) is 0. The molecule has 0 spiro atoms. The van der Waals surface area contributed by atoms with Gasteiger partial charge in [0.05, 0.1) is 16.3 Å². The molecule has 1 fully saturated rings. The van der Waals surface area contributed by atoms with Crippen molar-refractivity contribution in [2.45, 2.75) is 17.9 Å². The molecule has 1 aromatic carbocycles. The maximum absolute atomic E-state index is 11.7. The maximum atomic E-state index is 11.7. The number of anilines is 2. The van der Waals surface area contributed by atoms with Crippen LogP contribution in [0.1, 0.15) is 6.92 Å². The summed E-state index contributed by atoms with van der Waals surface area (Å²) in [6, 6.07) is 5.35. The number of nitrogens with one attached hydrogen (secondary N) is 1. The third kappa shape index (κ3) is 2.89. The van der Waals surface area contributed by atoms with Gasteiger partial charge in [-0.05, 0) is 39.2 Å². The Morgan fingerprint density at radius 3 is 2.60 bits per heavy atom. The molecule has 1 saturated heterocycles. The number of sulfonamides is 1. The lowest BCUT2D eigenvalue weighted by Gasteiger charge is -2.39. The van der Waals surface area contributed by atoms with Gasteiger partial charge < -0.3 is 15.5 Å². The Labute approximate surface area is 120 Å². The molecule has 0 amide bonds. The molecule has 1 aliphatic heterocycles. The Balaban J connectivity index is 2.27. The first-order valence-corrected chi connectivity index (χ1v) is 8.11. The number of likely N-dealkylation sites (N-methyl/N-ethyl adjacent to an activating group) is 1. The zero-order valence-corrected chi connectivity index (χ0v) is 12.9. The summed E-state index contributed by atoms with van der Waals surface area (Å²) in [5.41, 5.74) is 7.44. The summed E-state index contributed by atoms with van der Waals surface area (Å²) in [7, 11) is 0.0511. The van der Waals surface area contributed by atoms with Crippen LogP contribution in [0.25, 0.3) is 0 Å². The topological polar surface area (TPSA) is 78.7 Å². The molecular weight excluding hydrogens is 276 g/mol. The number of hydrogen-bond acceptors (Lipinski definition) is 5. The number of piperazine rings is 1. The molecular formula is C13H22N4O2S. The first-order valence-electron chi connectivity index (χ1n) is 6.63. The third-order valence-corrected chi connectivity index (χ3v) is 5.29. The van der Waals surface area contributed by atoms with Crippen molar-refractivity contribution in [1.29, 1.82) is 0 Å². The van der Waals surface area contributed by atoms with Crippen LogP contribution in [-0.2, 0) is 10.0 Å². The highest BCUT2D eigenvalue weighted by molar-refractivity contribution is 7.89. The summed E-state index contributed by atoms with van der Waals surface area (Å²) >= 11 is 0. The van der Waals surface area contributed by atoms with Crippen molar-refractivity contribution in [2.75, 3.05) is 44.4 Å². The van der Waals surface area contributed by atoms with Crippen LogP contribution in [-0.4, -0.2) is 53.1 Å². The number of nitrogen functional groups attached to an aromatic ring is 1. The van der Waals surface area contributed by atoms with Crippen LogP contribution in [0.15, 0.2) is 23.1 Å². The van der Waals surface area contributed by atoms with Crippen molar-refractivity contribution in [3.8, 4) is 0 Å². The summed E-state index contributed by atoms with van der Waals surface area (Å²) in [5, 5.41) is 0. The molecule has 0 saturated carbocycles. The van der Waals surface area contributed by atoms with Gasteiger partial charge >= 0.3 is 0 Å². The predicted octanol–water partition coefficient (Wildman–Crippen LogP) is 0.317. The number of rotatable bonds is 3. The van der Waals surface area contributed by atoms with Gasteiger partial charge in [-0.25, -0.2) is 13.1 Å². The van der Waals surface area contributed by atoms with Crippen LogP contribution in [0.3, 0.4) is 0 Å². The molecule has 1 unspecified atom stereocenters. The van der Waals surface area contributed by atoms with E-state index in [0.717, 1.165) is 25.3 Å². The van der Waals surface area contributed by atoms with Gasteiger partial charge in [0.25, 0.3) is 0 Å². The fourth-order valence-electron chi connectivity index (χ4n) is 2.37. The molecule has 0 aromatic heterocycles. The predicted molar refractivity (Wildman–Crippen MR) is 81.4 cm³/mol. The molecule has 6 nitrogen and oxygen atoms in total. The van der Waals surface area contributed by atoms with E-state index in [9.17, 15) is 8.42 Å². The molecule has 1 aromatic rings. The van der Waals surface area contributed by atoms with E-state index in [1.165, 1.54) is 13.1 Å². The van der Waals surface area contributed by atoms with Crippen LogP contribution < -0.4 is 15.4 Å². The molecule has 0 radical (unpaired) electrons. The maximum Gasteiger partial charge on any atom is 0.240 e. The van der Waals surface area contributed by atoms with Crippen molar-refractivity contribution >= 4 is 21.4 Å². The molecule has 7 heteroatoms. The van der Waals surface area contributed by atoms with E-state index in [-0.39, 0.29) is 4.90 Å². The van der Waals surface area contributed by atoms with Crippen molar-refractivity contribution in [3.63, 3.8) is 0 Å². The minimum atomic E-state index is -3.44. The first kappa shape index (κ1) is 15.1. The van der Waals surface area contributed by atoms with E-state index < -0.39 is 10.0 Å². The average molecular weight is 298 g/mol. The van der Waals surface area contributed by atoms with Crippen molar-refractivity contribution < 1.29 is 8.42 Å². The Morgan fingerprint density at radius 2 is 2.05 bits per heavy atom. The second kappa shape index (κ2) is 5.59. The van der Waals surface area contributed by atoms with E-state index in [2.05, 4.69) is 28.5 Å². The molecule has 112 valence electrons.